The van der Waals surface area contributed by atoms with Gasteiger partial charge in [-0.3, -0.25) is 9.48 Å². The van der Waals surface area contributed by atoms with E-state index in [2.05, 4.69) is 15.2 Å². The normalized spacial score (nSPS) is 12.7. The first-order valence-electron chi connectivity index (χ1n) is 5.99. The summed E-state index contributed by atoms with van der Waals surface area (Å²) >= 11 is 0. The van der Waals surface area contributed by atoms with Gasteiger partial charge in [0.05, 0.1) is 13.3 Å². The number of hydrogen-bond acceptors (Lipinski definition) is 4. The molecule has 0 saturated carbocycles. The van der Waals surface area contributed by atoms with E-state index in [1.807, 2.05) is 13.8 Å². The monoisotopic (exact) mass is 265 g/mol. The lowest BCUT2D eigenvalue weighted by atomic mass is 10.0. The van der Waals surface area contributed by atoms with Gasteiger partial charge in [-0.2, -0.15) is 5.10 Å². The number of ether oxygens (including phenoxy) is 1. The number of amides is 1. The number of carbonyl (C=O) groups is 2. The van der Waals surface area contributed by atoms with Crippen molar-refractivity contribution in [3.8, 4) is 0 Å². The smallest absolute Gasteiger partial charge is 0.328 e. The van der Waals surface area contributed by atoms with Crippen molar-refractivity contribution >= 4 is 18.0 Å². The molecule has 0 aliphatic carbocycles. The van der Waals surface area contributed by atoms with Gasteiger partial charge in [-0.25, -0.2) is 4.79 Å². The van der Waals surface area contributed by atoms with Crippen LogP contribution in [0.3, 0.4) is 0 Å². The second-order valence-electron chi connectivity index (χ2n) is 4.53. The summed E-state index contributed by atoms with van der Waals surface area (Å²) in [6.45, 7) is 3.68. The Morgan fingerprint density at radius 2 is 2.16 bits per heavy atom. The number of carbonyl (C=O) groups excluding carboxylic acids is 2. The van der Waals surface area contributed by atoms with Gasteiger partial charge in [0.2, 0.25) is 5.91 Å². The molecule has 0 aromatic carbocycles. The van der Waals surface area contributed by atoms with Crippen LogP contribution in [0, 0.1) is 5.92 Å². The van der Waals surface area contributed by atoms with Crippen LogP contribution < -0.4 is 5.32 Å². The molecule has 19 heavy (non-hydrogen) atoms. The topological polar surface area (TPSA) is 73.2 Å². The molecule has 0 bridgehead atoms. The SMILES string of the molecule is COC(=O)C(NC(=O)/C=C/c1cnn(C)c1)C(C)C. The van der Waals surface area contributed by atoms with Crippen LogP contribution in [0.5, 0.6) is 0 Å². The van der Waals surface area contributed by atoms with E-state index in [-0.39, 0.29) is 11.8 Å². The zero-order chi connectivity index (χ0) is 14.4. The van der Waals surface area contributed by atoms with Crippen molar-refractivity contribution in [2.24, 2.45) is 13.0 Å². The number of rotatable bonds is 5. The van der Waals surface area contributed by atoms with E-state index in [9.17, 15) is 9.59 Å². The number of aromatic nitrogens is 2. The van der Waals surface area contributed by atoms with Crippen molar-refractivity contribution in [2.45, 2.75) is 19.9 Å². The first kappa shape index (κ1) is 14.9. The molecule has 1 aromatic rings. The van der Waals surface area contributed by atoms with Crippen molar-refractivity contribution < 1.29 is 14.3 Å². The first-order chi connectivity index (χ1) is 8.93. The van der Waals surface area contributed by atoms with Crippen LogP contribution in [0.1, 0.15) is 19.4 Å². The minimum atomic E-state index is -0.643. The molecule has 1 rings (SSSR count). The van der Waals surface area contributed by atoms with Crippen molar-refractivity contribution in [1.82, 2.24) is 15.1 Å². The van der Waals surface area contributed by atoms with Gasteiger partial charge < -0.3 is 10.1 Å². The number of methoxy groups -OCH3 is 1. The fourth-order valence-electron chi connectivity index (χ4n) is 1.52. The van der Waals surface area contributed by atoms with Crippen molar-refractivity contribution in [3.63, 3.8) is 0 Å². The molecule has 1 atom stereocenters. The van der Waals surface area contributed by atoms with Gasteiger partial charge in [0.15, 0.2) is 0 Å². The number of esters is 1. The van der Waals surface area contributed by atoms with Gasteiger partial charge in [0.25, 0.3) is 0 Å². The van der Waals surface area contributed by atoms with E-state index in [1.54, 1.807) is 30.2 Å². The molecule has 0 fully saturated rings. The van der Waals surface area contributed by atoms with Crippen LogP contribution in [-0.2, 0) is 21.4 Å². The largest absolute Gasteiger partial charge is 0.467 e. The van der Waals surface area contributed by atoms with Crippen LogP contribution in [0.25, 0.3) is 6.08 Å². The fourth-order valence-corrected chi connectivity index (χ4v) is 1.52. The molecule has 0 spiro atoms. The average Bonchev–Trinajstić information content (AvgIpc) is 2.78. The summed E-state index contributed by atoms with van der Waals surface area (Å²) in [5, 5.41) is 6.60. The predicted molar refractivity (Wildman–Crippen MR) is 71.0 cm³/mol. The number of hydrogen-bond donors (Lipinski definition) is 1. The van der Waals surface area contributed by atoms with Crippen LogP contribution >= 0.6 is 0 Å². The molecule has 0 aliphatic heterocycles. The predicted octanol–water partition coefficient (Wildman–Crippen LogP) is 0.747. The third-order valence-electron chi connectivity index (χ3n) is 2.57. The van der Waals surface area contributed by atoms with Gasteiger partial charge in [-0.15, -0.1) is 0 Å². The Bertz CT molecular complexity index is 477. The molecule has 6 heteroatoms. The Hall–Kier alpha value is -2.11. The van der Waals surface area contributed by atoms with Crippen LogP contribution in [0.15, 0.2) is 18.5 Å². The maximum atomic E-state index is 11.7. The quantitative estimate of drug-likeness (QED) is 0.629. The molecule has 1 heterocycles. The first-order valence-corrected chi connectivity index (χ1v) is 5.99. The third-order valence-corrected chi connectivity index (χ3v) is 2.57. The Morgan fingerprint density at radius 3 is 2.63 bits per heavy atom. The second-order valence-corrected chi connectivity index (χ2v) is 4.53. The van der Waals surface area contributed by atoms with Crippen LogP contribution in [0.2, 0.25) is 0 Å². The van der Waals surface area contributed by atoms with Gasteiger partial charge in [-0.05, 0) is 12.0 Å². The van der Waals surface area contributed by atoms with Gasteiger partial charge >= 0.3 is 5.97 Å². The maximum absolute atomic E-state index is 11.7. The minimum absolute atomic E-state index is 0.0387. The highest BCUT2D eigenvalue weighted by molar-refractivity contribution is 5.94. The molecule has 1 amide bonds. The van der Waals surface area contributed by atoms with Gasteiger partial charge in [0.1, 0.15) is 6.04 Å². The van der Waals surface area contributed by atoms with Crippen molar-refractivity contribution in [1.29, 1.82) is 0 Å². The Morgan fingerprint density at radius 1 is 1.47 bits per heavy atom. The second kappa shape index (κ2) is 6.72. The zero-order valence-corrected chi connectivity index (χ0v) is 11.6. The molecule has 104 valence electrons. The Balaban J connectivity index is 2.62. The summed E-state index contributed by atoms with van der Waals surface area (Å²) in [7, 11) is 3.10. The van der Waals surface area contributed by atoms with E-state index in [0.29, 0.717) is 0 Å². The Kier molecular flexibility index (Phi) is 5.29. The lowest BCUT2D eigenvalue weighted by Crippen LogP contribution is -2.44. The minimum Gasteiger partial charge on any atom is -0.467 e. The number of aryl methyl sites for hydroxylation is 1. The number of nitrogens with one attached hydrogen (secondary N) is 1. The van der Waals surface area contributed by atoms with Crippen molar-refractivity contribution in [3.05, 3.63) is 24.0 Å². The molecule has 1 aromatic heterocycles. The van der Waals surface area contributed by atoms with Gasteiger partial charge in [-0.1, -0.05) is 13.8 Å². The molecule has 0 saturated heterocycles. The van der Waals surface area contributed by atoms with Crippen LogP contribution in [-0.4, -0.2) is 34.8 Å². The summed E-state index contributed by atoms with van der Waals surface area (Å²) < 4.78 is 6.29. The highest BCUT2D eigenvalue weighted by atomic mass is 16.5. The van der Waals surface area contributed by atoms with E-state index < -0.39 is 12.0 Å². The lowest BCUT2D eigenvalue weighted by Gasteiger charge is -2.18. The van der Waals surface area contributed by atoms with Crippen LogP contribution in [0.4, 0.5) is 0 Å². The van der Waals surface area contributed by atoms with Gasteiger partial charge in [0, 0.05) is 24.9 Å². The highest BCUT2D eigenvalue weighted by Crippen LogP contribution is 2.04. The average molecular weight is 265 g/mol. The summed E-state index contributed by atoms with van der Waals surface area (Å²) in [5.41, 5.74) is 0.816. The summed E-state index contributed by atoms with van der Waals surface area (Å²) in [6, 6.07) is -0.643. The standard InChI is InChI=1S/C13H19N3O3/c1-9(2)12(13(18)19-4)15-11(17)6-5-10-7-14-16(3)8-10/h5-9,12H,1-4H3,(H,15,17)/b6-5+. The summed E-state index contributed by atoms with van der Waals surface area (Å²) in [4.78, 5) is 23.2. The molecule has 6 nitrogen and oxygen atoms in total. The Labute approximate surface area is 112 Å². The highest BCUT2D eigenvalue weighted by Gasteiger charge is 2.23. The molecule has 1 N–H and O–H groups in total. The lowest BCUT2D eigenvalue weighted by molar-refractivity contribution is -0.145. The molecule has 0 aliphatic rings. The van der Waals surface area contributed by atoms with E-state index in [1.165, 1.54) is 13.2 Å². The molecular weight excluding hydrogens is 246 g/mol. The molecular formula is C13H19N3O3. The van der Waals surface area contributed by atoms with E-state index in [0.717, 1.165) is 5.56 Å². The molecule has 1 unspecified atom stereocenters. The summed E-state index contributed by atoms with van der Waals surface area (Å²) in [5.74, 6) is -0.825. The number of nitrogens with zero attached hydrogens (tertiary/aromatic N) is 2. The summed E-state index contributed by atoms with van der Waals surface area (Å²) in [6.07, 6.45) is 6.43. The third kappa shape index (κ3) is 4.57. The van der Waals surface area contributed by atoms with E-state index >= 15 is 0 Å². The molecule has 0 radical (unpaired) electrons. The zero-order valence-electron chi connectivity index (χ0n) is 11.6. The van der Waals surface area contributed by atoms with Crippen molar-refractivity contribution in [2.75, 3.05) is 7.11 Å². The fraction of sp³-hybridized carbons (Fsp3) is 0.462. The maximum Gasteiger partial charge on any atom is 0.328 e. The van der Waals surface area contributed by atoms with E-state index in [4.69, 9.17) is 0 Å².